The van der Waals surface area contributed by atoms with Gasteiger partial charge in [0.05, 0.1) is 30.5 Å². The van der Waals surface area contributed by atoms with E-state index < -0.39 is 21.8 Å². The smallest absolute Gasteiger partial charge is 0.274 e. The first-order valence-corrected chi connectivity index (χ1v) is 8.22. The van der Waals surface area contributed by atoms with Gasteiger partial charge in [-0.3, -0.25) is 9.78 Å². The van der Waals surface area contributed by atoms with Crippen molar-refractivity contribution < 1.29 is 18.3 Å². The van der Waals surface area contributed by atoms with Gasteiger partial charge in [0.1, 0.15) is 10.8 Å². The number of aliphatic hydroxyl groups excluding tert-OH is 1. The Morgan fingerprint density at radius 1 is 1.50 bits per heavy atom. The van der Waals surface area contributed by atoms with E-state index in [0.29, 0.717) is 6.42 Å². The molecule has 1 atom stereocenters. The molecule has 1 N–H and O–H groups in total. The average Bonchev–Trinajstić information content (AvgIpc) is 2.75. The van der Waals surface area contributed by atoms with Gasteiger partial charge in [-0.25, -0.2) is 13.4 Å². The van der Waals surface area contributed by atoms with Gasteiger partial charge in [-0.05, 0) is 6.42 Å². The lowest BCUT2D eigenvalue weighted by molar-refractivity contribution is 0.0649. The van der Waals surface area contributed by atoms with E-state index in [2.05, 4.69) is 9.97 Å². The van der Waals surface area contributed by atoms with Gasteiger partial charge < -0.3 is 10.0 Å². The molecule has 1 aromatic rings. The van der Waals surface area contributed by atoms with Crippen molar-refractivity contribution in [2.75, 3.05) is 24.7 Å². The molecule has 1 aliphatic rings. The summed E-state index contributed by atoms with van der Waals surface area (Å²) in [5, 5.41) is 9.15. The molecule has 2 rings (SSSR count). The van der Waals surface area contributed by atoms with Crippen LogP contribution in [0.5, 0.6) is 0 Å². The molecule has 1 aliphatic heterocycles. The highest BCUT2D eigenvalue weighted by Crippen LogP contribution is 2.19. The molecule has 0 radical (unpaired) electrons. The van der Waals surface area contributed by atoms with Crippen molar-refractivity contribution in [1.29, 1.82) is 0 Å². The van der Waals surface area contributed by atoms with Gasteiger partial charge in [0, 0.05) is 12.6 Å². The van der Waals surface area contributed by atoms with Gasteiger partial charge >= 0.3 is 0 Å². The summed E-state index contributed by atoms with van der Waals surface area (Å²) in [5.41, 5.74) is 0.0373. The van der Waals surface area contributed by atoms with E-state index in [1.807, 2.05) is 0 Å². The number of aromatic nitrogens is 2. The molecule has 9 heteroatoms. The first kappa shape index (κ1) is 15.1. The Morgan fingerprint density at radius 2 is 2.25 bits per heavy atom. The summed E-state index contributed by atoms with van der Waals surface area (Å²) in [7, 11) is -3.12. The van der Waals surface area contributed by atoms with Crippen LogP contribution in [0, 0.1) is 0 Å². The summed E-state index contributed by atoms with van der Waals surface area (Å²) >= 11 is 5.69. The highest BCUT2D eigenvalue weighted by Gasteiger charge is 2.35. The number of aliphatic hydroxyl groups is 1. The van der Waals surface area contributed by atoms with E-state index in [4.69, 9.17) is 16.7 Å². The molecule has 7 nitrogen and oxygen atoms in total. The zero-order valence-electron chi connectivity index (χ0n) is 10.6. The van der Waals surface area contributed by atoms with Crippen LogP contribution in [0.4, 0.5) is 0 Å². The monoisotopic (exact) mass is 319 g/mol. The fraction of sp³-hybridized carbons (Fsp3) is 0.545. The van der Waals surface area contributed by atoms with E-state index >= 15 is 0 Å². The second kappa shape index (κ2) is 6.02. The van der Waals surface area contributed by atoms with E-state index in [1.165, 1.54) is 17.3 Å². The predicted molar refractivity (Wildman–Crippen MR) is 72.2 cm³/mol. The molecule has 20 heavy (non-hydrogen) atoms. The first-order chi connectivity index (χ1) is 9.43. The van der Waals surface area contributed by atoms with Gasteiger partial charge in [-0.1, -0.05) is 11.6 Å². The van der Waals surface area contributed by atoms with Crippen LogP contribution in [-0.2, 0) is 9.84 Å². The number of carbonyl (C=O) groups is 1. The lowest BCUT2D eigenvalue weighted by Crippen LogP contribution is -2.43. The molecular weight excluding hydrogens is 306 g/mol. The first-order valence-electron chi connectivity index (χ1n) is 6.03. The van der Waals surface area contributed by atoms with Crippen molar-refractivity contribution in [2.24, 2.45) is 0 Å². The largest absolute Gasteiger partial charge is 0.395 e. The number of hydrogen-bond donors (Lipinski definition) is 1. The second-order valence-corrected chi connectivity index (χ2v) is 7.12. The van der Waals surface area contributed by atoms with Crippen LogP contribution in [0.3, 0.4) is 0 Å². The maximum absolute atomic E-state index is 12.3. The van der Waals surface area contributed by atoms with Crippen LogP contribution in [-0.4, -0.2) is 65.0 Å². The minimum absolute atomic E-state index is 0.0373. The van der Waals surface area contributed by atoms with Crippen LogP contribution in [0.1, 0.15) is 16.9 Å². The second-order valence-electron chi connectivity index (χ2n) is 4.51. The Bertz CT molecular complexity index is 607. The zero-order valence-corrected chi connectivity index (χ0v) is 12.1. The summed E-state index contributed by atoms with van der Waals surface area (Å²) in [6.45, 7) is -0.205. The molecule has 1 unspecified atom stereocenters. The van der Waals surface area contributed by atoms with Crippen molar-refractivity contribution >= 4 is 27.3 Å². The predicted octanol–water partition coefficient (Wildman–Crippen LogP) is -0.248. The summed E-state index contributed by atoms with van der Waals surface area (Å²) in [6, 6.07) is -0.444. The molecular formula is C11H14ClN3O4S. The third-order valence-corrected chi connectivity index (χ3v) is 5.01. The average molecular weight is 320 g/mol. The third kappa shape index (κ3) is 3.44. The summed E-state index contributed by atoms with van der Waals surface area (Å²) in [4.78, 5) is 21.3. The molecule has 1 fully saturated rings. The number of sulfone groups is 1. The molecule has 1 saturated heterocycles. The molecule has 0 aliphatic carbocycles. The summed E-state index contributed by atoms with van der Waals surface area (Å²) in [6.07, 6.45) is 2.93. The van der Waals surface area contributed by atoms with Crippen LogP contribution < -0.4 is 0 Å². The van der Waals surface area contributed by atoms with Gasteiger partial charge in [0.15, 0.2) is 9.84 Å². The highest BCUT2D eigenvalue weighted by molar-refractivity contribution is 7.91. The van der Waals surface area contributed by atoms with Crippen LogP contribution in [0.15, 0.2) is 12.4 Å². The molecule has 1 amide bonds. The van der Waals surface area contributed by atoms with Crippen LogP contribution in [0.25, 0.3) is 0 Å². The van der Waals surface area contributed by atoms with Crippen LogP contribution in [0.2, 0.25) is 5.15 Å². The molecule has 0 spiro atoms. The number of halogens is 1. The Morgan fingerprint density at radius 3 is 2.80 bits per heavy atom. The van der Waals surface area contributed by atoms with Gasteiger partial charge in [0.2, 0.25) is 0 Å². The topological polar surface area (TPSA) is 100 Å². The quantitative estimate of drug-likeness (QED) is 0.821. The summed E-state index contributed by atoms with van der Waals surface area (Å²) < 4.78 is 23.0. The molecule has 110 valence electrons. The normalized spacial score (nSPS) is 20.8. The maximum Gasteiger partial charge on any atom is 0.274 e. The van der Waals surface area contributed by atoms with E-state index in [1.54, 1.807) is 0 Å². The van der Waals surface area contributed by atoms with Crippen LogP contribution >= 0.6 is 11.6 Å². The minimum Gasteiger partial charge on any atom is -0.395 e. The number of carbonyl (C=O) groups excluding carboxylic acids is 1. The van der Waals surface area contributed by atoms with Crippen molar-refractivity contribution in [3.63, 3.8) is 0 Å². The van der Waals surface area contributed by atoms with Crippen molar-refractivity contribution in [1.82, 2.24) is 14.9 Å². The fourth-order valence-corrected chi connectivity index (χ4v) is 4.05. The number of amides is 1. The fourth-order valence-electron chi connectivity index (χ4n) is 2.17. The molecule has 1 aromatic heterocycles. The Labute approximate surface area is 121 Å². The third-order valence-electron chi connectivity index (χ3n) is 3.08. The minimum atomic E-state index is -3.12. The summed E-state index contributed by atoms with van der Waals surface area (Å²) in [5.74, 6) is -0.517. The molecule has 0 aromatic carbocycles. The molecule has 2 heterocycles. The van der Waals surface area contributed by atoms with Gasteiger partial charge in [-0.15, -0.1) is 0 Å². The lowest BCUT2D eigenvalue weighted by Gasteiger charge is -2.27. The Balaban J connectivity index is 2.22. The number of hydrogen-bond acceptors (Lipinski definition) is 6. The van der Waals surface area contributed by atoms with Gasteiger partial charge in [-0.2, -0.15) is 0 Å². The number of rotatable bonds is 4. The zero-order chi connectivity index (χ0) is 14.8. The lowest BCUT2D eigenvalue weighted by atomic mass is 10.2. The Kier molecular flexibility index (Phi) is 4.56. The maximum atomic E-state index is 12.3. The van der Waals surface area contributed by atoms with Crippen molar-refractivity contribution in [3.05, 3.63) is 23.2 Å². The SMILES string of the molecule is O=C(c1cncc(Cl)n1)N(CCO)C1CCS(=O)(=O)C1. The van der Waals surface area contributed by atoms with Crippen molar-refractivity contribution in [3.8, 4) is 0 Å². The standard InChI is InChI=1S/C11H14ClN3O4S/c12-10-6-13-5-9(14-10)11(17)15(2-3-16)8-1-4-20(18,19)7-8/h5-6,8,16H,1-4,7H2. The molecule has 0 saturated carbocycles. The highest BCUT2D eigenvalue weighted by atomic mass is 35.5. The van der Waals surface area contributed by atoms with Crippen molar-refractivity contribution in [2.45, 2.75) is 12.5 Å². The number of nitrogens with zero attached hydrogens (tertiary/aromatic N) is 3. The van der Waals surface area contributed by atoms with E-state index in [9.17, 15) is 13.2 Å². The molecule has 0 bridgehead atoms. The Hall–Kier alpha value is -1.25. The van der Waals surface area contributed by atoms with E-state index in [0.717, 1.165) is 0 Å². The van der Waals surface area contributed by atoms with Gasteiger partial charge in [0.25, 0.3) is 5.91 Å². The van der Waals surface area contributed by atoms with E-state index in [-0.39, 0.29) is 35.5 Å².